The molecule has 1 heterocycles. The summed E-state index contributed by atoms with van der Waals surface area (Å²) >= 11 is 5.74. The molecule has 20 heavy (non-hydrogen) atoms. The van der Waals surface area contributed by atoms with Crippen LogP contribution in [0.3, 0.4) is 0 Å². The van der Waals surface area contributed by atoms with E-state index in [-0.39, 0.29) is 18.0 Å². The van der Waals surface area contributed by atoms with E-state index in [1.54, 1.807) is 0 Å². The van der Waals surface area contributed by atoms with E-state index in [0.29, 0.717) is 0 Å². The van der Waals surface area contributed by atoms with Crippen molar-refractivity contribution in [1.82, 2.24) is 0 Å². The van der Waals surface area contributed by atoms with E-state index in [0.717, 1.165) is 17.0 Å². The molecule has 1 fully saturated rings. The molecule has 0 aliphatic carbocycles. The number of hydrogen-bond donors (Lipinski definition) is 2. The molecule has 0 bridgehead atoms. The third kappa shape index (κ3) is 2.32. The molecule has 2 amide bonds. The molecule has 0 aromatic heterocycles. The molecule has 2 rings (SSSR count). The number of hydrogen-bond acceptors (Lipinski definition) is 3. The number of carbonyl (C=O) groups is 3. The normalized spacial score (nSPS) is 18.4. The van der Waals surface area contributed by atoms with Crippen molar-refractivity contribution in [2.45, 2.75) is 6.42 Å². The monoisotopic (exact) mass is 300 g/mol. The fraction of sp³-hybridized carbons (Fsp3) is 0.250. The van der Waals surface area contributed by atoms with Crippen molar-refractivity contribution in [3.8, 4) is 0 Å². The zero-order valence-electron chi connectivity index (χ0n) is 10.1. The second kappa shape index (κ2) is 5.09. The molecule has 106 valence electrons. The number of amides is 2. The van der Waals surface area contributed by atoms with E-state index >= 15 is 0 Å². The number of carboxylic acid groups (broad SMARTS) is 1. The Morgan fingerprint density at radius 1 is 1.45 bits per heavy atom. The van der Waals surface area contributed by atoms with Crippen LogP contribution in [0.25, 0.3) is 0 Å². The van der Waals surface area contributed by atoms with Crippen LogP contribution in [0, 0.1) is 11.7 Å². The Morgan fingerprint density at radius 3 is 2.60 bits per heavy atom. The van der Waals surface area contributed by atoms with Crippen molar-refractivity contribution in [2.24, 2.45) is 11.7 Å². The van der Waals surface area contributed by atoms with Crippen molar-refractivity contribution >= 4 is 35.1 Å². The quantitative estimate of drug-likeness (QED) is 0.870. The molecule has 6 nitrogen and oxygen atoms in total. The van der Waals surface area contributed by atoms with Crippen molar-refractivity contribution in [3.05, 3.63) is 28.5 Å². The van der Waals surface area contributed by atoms with Crippen molar-refractivity contribution in [1.29, 1.82) is 0 Å². The van der Waals surface area contributed by atoms with Gasteiger partial charge in [0.1, 0.15) is 11.4 Å². The largest absolute Gasteiger partial charge is 0.478 e. The minimum Gasteiger partial charge on any atom is -0.478 e. The highest BCUT2D eigenvalue weighted by molar-refractivity contribution is 6.34. The summed E-state index contributed by atoms with van der Waals surface area (Å²) in [6.07, 6.45) is -0.180. The molecular weight excluding hydrogens is 291 g/mol. The summed E-state index contributed by atoms with van der Waals surface area (Å²) in [6, 6.07) is 2.06. The molecule has 1 aliphatic rings. The molecule has 0 radical (unpaired) electrons. The van der Waals surface area contributed by atoms with Gasteiger partial charge < -0.3 is 15.7 Å². The van der Waals surface area contributed by atoms with Crippen LogP contribution in [-0.4, -0.2) is 29.4 Å². The summed E-state index contributed by atoms with van der Waals surface area (Å²) in [6.45, 7) is -0.161. The molecule has 1 unspecified atom stereocenters. The lowest BCUT2D eigenvalue weighted by atomic mass is 10.1. The SMILES string of the molecule is NC(=O)C1CC(=O)N(c2c(F)ccc(Cl)c2C(=O)O)C1. The van der Waals surface area contributed by atoms with Gasteiger partial charge in [0.2, 0.25) is 11.8 Å². The highest BCUT2D eigenvalue weighted by Gasteiger charge is 2.37. The van der Waals surface area contributed by atoms with Gasteiger partial charge in [0.05, 0.1) is 16.6 Å². The number of carbonyl (C=O) groups excluding carboxylic acids is 2. The predicted octanol–water partition coefficient (Wildman–Crippen LogP) is 1.02. The van der Waals surface area contributed by atoms with E-state index in [2.05, 4.69) is 0 Å². The molecule has 8 heteroatoms. The Labute approximate surface area is 117 Å². The molecule has 1 saturated heterocycles. The maximum absolute atomic E-state index is 13.9. The van der Waals surface area contributed by atoms with Gasteiger partial charge in [0.25, 0.3) is 0 Å². The number of nitrogens with zero attached hydrogens (tertiary/aromatic N) is 1. The van der Waals surface area contributed by atoms with Gasteiger partial charge in [-0.25, -0.2) is 9.18 Å². The van der Waals surface area contributed by atoms with E-state index in [4.69, 9.17) is 22.4 Å². The zero-order chi connectivity index (χ0) is 15.0. The molecule has 1 aromatic rings. The Hall–Kier alpha value is -2.15. The molecule has 0 saturated carbocycles. The van der Waals surface area contributed by atoms with Crippen LogP contribution < -0.4 is 10.6 Å². The molecule has 0 spiro atoms. The summed E-state index contributed by atoms with van der Waals surface area (Å²) in [5, 5.41) is 8.92. The molecule has 1 atom stereocenters. The van der Waals surface area contributed by atoms with Gasteiger partial charge in [-0.2, -0.15) is 0 Å². The van der Waals surface area contributed by atoms with Crippen molar-refractivity contribution in [3.63, 3.8) is 0 Å². The average Bonchev–Trinajstić information content (AvgIpc) is 2.73. The summed E-state index contributed by atoms with van der Waals surface area (Å²) in [7, 11) is 0. The van der Waals surface area contributed by atoms with Gasteiger partial charge in [-0.15, -0.1) is 0 Å². The Bertz CT molecular complexity index is 620. The molecule has 1 aliphatic heterocycles. The Kier molecular flexibility index (Phi) is 3.63. The average molecular weight is 301 g/mol. The zero-order valence-corrected chi connectivity index (χ0v) is 10.9. The highest BCUT2D eigenvalue weighted by Crippen LogP contribution is 2.34. The first-order valence-corrected chi connectivity index (χ1v) is 6.01. The minimum absolute atomic E-state index is 0.161. The van der Waals surface area contributed by atoms with Gasteiger partial charge in [-0.3, -0.25) is 9.59 Å². The first-order valence-electron chi connectivity index (χ1n) is 5.64. The number of halogens is 2. The minimum atomic E-state index is -1.46. The van der Waals surface area contributed by atoms with Gasteiger partial charge in [-0.05, 0) is 12.1 Å². The third-order valence-electron chi connectivity index (χ3n) is 3.09. The van der Waals surface area contributed by atoms with E-state index in [1.807, 2.05) is 0 Å². The predicted molar refractivity (Wildman–Crippen MR) is 68.0 cm³/mol. The fourth-order valence-electron chi connectivity index (χ4n) is 2.12. The summed E-state index contributed by atoms with van der Waals surface area (Å²) < 4.78 is 13.9. The Morgan fingerprint density at radius 2 is 2.10 bits per heavy atom. The number of carboxylic acids is 1. The van der Waals surface area contributed by atoms with E-state index < -0.39 is 40.8 Å². The standard InChI is InChI=1S/C12H10ClFN2O4/c13-6-1-2-7(14)10(9(6)12(19)20)16-4-5(11(15)18)3-8(16)17/h1-2,5H,3-4H2,(H2,15,18)(H,19,20). The van der Waals surface area contributed by atoms with Gasteiger partial charge >= 0.3 is 5.97 Å². The van der Waals surface area contributed by atoms with Crippen LogP contribution in [0.4, 0.5) is 10.1 Å². The first-order chi connectivity index (χ1) is 9.32. The number of anilines is 1. The lowest BCUT2D eigenvalue weighted by Crippen LogP contribution is -2.30. The number of aromatic carboxylic acids is 1. The van der Waals surface area contributed by atoms with Crippen LogP contribution in [-0.2, 0) is 9.59 Å². The maximum atomic E-state index is 13.9. The number of nitrogens with two attached hydrogens (primary N) is 1. The van der Waals surface area contributed by atoms with Crippen LogP contribution in [0.5, 0.6) is 0 Å². The Balaban J connectivity index is 2.53. The summed E-state index contributed by atoms with van der Waals surface area (Å²) in [5.41, 5.74) is 4.17. The van der Waals surface area contributed by atoms with Gasteiger partial charge in [0, 0.05) is 13.0 Å². The van der Waals surface area contributed by atoms with Gasteiger partial charge in [-0.1, -0.05) is 11.6 Å². The molecular formula is C12H10ClFN2O4. The van der Waals surface area contributed by atoms with Crippen LogP contribution in [0.15, 0.2) is 12.1 Å². The van der Waals surface area contributed by atoms with Gasteiger partial charge in [0.15, 0.2) is 0 Å². The second-order valence-electron chi connectivity index (χ2n) is 4.37. The topological polar surface area (TPSA) is 101 Å². The first kappa shape index (κ1) is 14.3. The number of benzene rings is 1. The number of rotatable bonds is 3. The number of primary amides is 1. The smallest absolute Gasteiger partial charge is 0.339 e. The van der Waals surface area contributed by atoms with Crippen LogP contribution in [0.2, 0.25) is 5.02 Å². The third-order valence-corrected chi connectivity index (χ3v) is 3.40. The van der Waals surface area contributed by atoms with E-state index in [9.17, 15) is 18.8 Å². The van der Waals surface area contributed by atoms with Crippen molar-refractivity contribution in [2.75, 3.05) is 11.4 Å². The fourth-order valence-corrected chi connectivity index (χ4v) is 2.36. The maximum Gasteiger partial charge on any atom is 0.339 e. The second-order valence-corrected chi connectivity index (χ2v) is 4.77. The van der Waals surface area contributed by atoms with Crippen molar-refractivity contribution < 1.29 is 23.9 Å². The molecule has 3 N–H and O–H groups in total. The highest BCUT2D eigenvalue weighted by atomic mass is 35.5. The molecule has 1 aromatic carbocycles. The summed E-state index contributed by atoms with van der Waals surface area (Å²) in [4.78, 5) is 35.0. The van der Waals surface area contributed by atoms with Crippen LogP contribution >= 0.6 is 11.6 Å². The van der Waals surface area contributed by atoms with E-state index in [1.165, 1.54) is 0 Å². The lowest BCUT2D eigenvalue weighted by molar-refractivity contribution is -0.123. The summed E-state index contributed by atoms with van der Waals surface area (Å²) in [5.74, 6) is -4.40. The lowest BCUT2D eigenvalue weighted by Gasteiger charge is -2.20. The van der Waals surface area contributed by atoms with Crippen LogP contribution in [0.1, 0.15) is 16.8 Å².